The van der Waals surface area contributed by atoms with E-state index in [4.69, 9.17) is 15.6 Å². The molecule has 0 spiro atoms. The van der Waals surface area contributed by atoms with Crippen LogP contribution in [-0.2, 0) is 9.53 Å². The molecule has 0 aliphatic heterocycles. The van der Waals surface area contributed by atoms with E-state index in [1.165, 1.54) is 0 Å². The number of hydrogen-bond donors (Lipinski definition) is 3. The molecule has 0 radical (unpaired) electrons. The molecule has 5 nitrogen and oxygen atoms in total. The minimum atomic E-state index is -0.457. The third-order valence-electron chi connectivity index (χ3n) is 2.30. The average Bonchev–Trinajstić information content (AvgIpc) is 2.24. The van der Waals surface area contributed by atoms with Gasteiger partial charge in [-0.1, -0.05) is 0 Å². The fourth-order valence-electron chi connectivity index (χ4n) is 1.32. The van der Waals surface area contributed by atoms with Crippen LogP contribution in [0.2, 0.25) is 0 Å². The molecule has 4 N–H and O–H groups in total. The molecule has 1 amide bonds. The summed E-state index contributed by atoms with van der Waals surface area (Å²) in [6, 6.07) is -0.457. The van der Waals surface area contributed by atoms with Crippen LogP contribution in [0.15, 0.2) is 0 Å². The molecule has 2 unspecified atom stereocenters. The summed E-state index contributed by atoms with van der Waals surface area (Å²) in [4.78, 5) is 11.4. The number of aliphatic hydroxyl groups is 1. The fourth-order valence-corrected chi connectivity index (χ4v) is 1.32. The first-order chi connectivity index (χ1) is 7.57. The van der Waals surface area contributed by atoms with Crippen molar-refractivity contribution in [2.45, 2.75) is 44.8 Å². The van der Waals surface area contributed by atoms with Crippen LogP contribution in [0.1, 0.15) is 32.6 Å². The molecule has 0 fully saturated rings. The van der Waals surface area contributed by atoms with Gasteiger partial charge in [0, 0.05) is 20.3 Å². The maximum atomic E-state index is 11.4. The number of methoxy groups -OCH3 is 1. The summed E-state index contributed by atoms with van der Waals surface area (Å²) in [5.74, 6) is -0.123. The second-order valence-electron chi connectivity index (χ2n) is 4.02. The summed E-state index contributed by atoms with van der Waals surface area (Å²) in [5.41, 5.74) is 5.68. The number of nitrogens with one attached hydrogen (secondary N) is 1. The van der Waals surface area contributed by atoms with E-state index in [0.29, 0.717) is 26.0 Å². The van der Waals surface area contributed by atoms with Gasteiger partial charge < -0.3 is 20.9 Å². The molecular weight excluding hydrogens is 208 g/mol. The summed E-state index contributed by atoms with van der Waals surface area (Å²) in [7, 11) is 1.63. The van der Waals surface area contributed by atoms with Gasteiger partial charge in [0.1, 0.15) is 0 Å². The van der Waals surface area contributed by atoms with Gasteiger partial charge in [-0.3, -0.25) is 4.79 Å². The van der Waals surface area contributed by atoms with Crippen LogP contribution in [-0.4, -0.2) is 43.4 Å². The highest BCUT2D eigenvalue weighted by atomic mass is 16.5. The van der Waals surface area contributed by atoms with E-state index in [-0.39, 0.29) is 12.0 Å². The Bertz CT molecular complexity index is 186. The van der Waals surface area contributed by atoms with E-state index in [0.717, 1.165) is 12.8 Å². The molecule has 0 bridgehead atoms. The van der Waals surface area contributed by atoms with Crippen LogP contribution in [0.5, 0.6) is 0 Å². The Morgan fingerprint density at radius 1 is 1.44 bits per heavy atom. The predicted octanol–water partition coefficient (Wildman–Crippen LogP) is 0.0175. The SMILES string of the molecule is COCCCC(N)C(=O)NCCCC(C)O. The van der Waals surface area contributed by atoms with Crippen molar-refractivity contribution in [3.8, 4) is 0 Å². The van der Waals surface area contributed by atoms with E-state index >= 15 is 0 Å². The molecular formula is C11H24N2O3. The molecule has 2 atom stereocenters. The maximum absolute atomic E-state index is 11.4. The number of carbonyl (C=O) groups excluding carboxylic acids is 1. The first kappa shape index (κ1) is 15.3. The summed E-state index contributed by atoms with van der Waals surface area (Å²) >= 11 is 0. The molecule has 0 rings (SSSR count). The van der Waals surface area contributed by atoms with E-state index in [1.54, 1.807) is 14.0 Å². The van der Waals surface area contributed by atoms with Gasteiger partial charge >= 0.3 is 0 Å². The molecule has 0 heterocycles. The third kappa shape index (κ3) is 8.64. The van der Waals surface area contributed by atoms with Crippen molar-refractivity contribution in [3.05, 3.63) is 0 Å². The Labute approximate surface area is 97.3 Å². The number of amides is 1. The van der Waals surface area contributed by atoms with E-state index < -0.39 is 6.04 Å². The standard InChI is InChI=1S/C11H24N2O3/c1-9(14)5-3-7-13-11(15)10(12)6-4-8-16-2/h9-10,14H,3-8,12H2,1-2H3,(H,13,15). The van der Waals surface area contributed by atoms with Crippen LogP contribution in [0, 0.1) is 0 Å². The normalized spacial score (nSPS) is 14.5. The van der Waals surface area contributed by atoms with Crippen LogP contribution >= 0.6 is 0 Å². The number of nitrogens with two attached hydrogens (primary N) is 1. The fraction of sp³-hybridized carbons (Fsp3) is 0.909. The van der Waals surface area contributed by atoms with Gasteiger partial charge in [0.15, 0.2) is 0 Å². The predicted molar refractivity (Wildman–Crippen MR) is 63.0 cm³/mol. The second-order valence-corrected chi connectivity index (χ2v) is 4.02. The van der Waals surface area contributed by atoms with E-state index in [9.17, 15) is 4.79 Å². The van der Waals surface area contributed by atoms with Gasteiger partial charge in [-0.2, -0.15) is 0 Å². The van der Waals surface area contributed by atoms with Crippen molar-refractivity contribution in [1.82, 2.24) is 5.32 Å². The Morgan fingerprint density at radius 3 is 2.69 bits per heavy atom. The molecule has 0 aliphatic rings. The topological polar surface area (TPSA) is 84.6 Å². The Morgan fingerprint density at radius 2 is 2.12 bits per heavy atom. The van der Waals surface area contributed by atoms with Crippen molar-refractivity contribution >= 4 is 5.91 Å². The van der Waals surface area contributed by atoms with Crippen LogP contribution < -0.4 is 11.1 Å². The lowest BCUT2D eigenvalue weighted by molar-refractivity contribution is -0.122. The zero-order valence-corrected chi connectivity index (χ0v) is 10.2. The molecule has 96 valence electrons. The second kappa shape index (κ2) is 9.57. The van der Waals surface area contributed by atoms with E-state index in [1.807, 2.05) is 0 Å². The molecule has 0 saturated heterocycles. The van der Waals surface area contributed by atoms with Gasteiger partial charge in [0.05, 0.1) is 12.1 Å². The van der Waals surface area contributed by atoms with Crippen molar-refractivity contribution in [2.75, 3.05) is 20.3 Å². The van der Waals surface area contributed by atoms with Gasteiger partial charge in [0.2, 0.25) is 5.91 Å². The highest BCUT2D eigenvalue weighted by molar-refractivity contribution is 5.81. The minimum Gasteiger partial charge on any atom is -0.393 e. The summed E-state index contributed by atoms with van der Waals surface area (Å²) in [6.07, 6.45) is 2.58. The van der Waals surface area contributed by atoms with Crippen LogP contribution in [0.4, 0.5) is 0 Å². The highest BCUT2D eigenvalue weighted by Crippen LogP contribution is 1.96. The Hall–Kier alpha value is -0.650. The first-order valence-electron chi connectivity index (χ1n) is 5.78. The lowest BCUT2D eigenvalue weighted by atomic mass is 10.1. The summed E-state index contributed by atoms with van der Waals surface area (Å²) in [6.45, 7) is 2.93. The summed E-state index contributed by atoms with van der Waals surface area (Å²) < 4.78 is 4.88. The summed E-state index contributed by atoms with van der Waals surface area (Å²) in [5, 5.41) is 11.8. The zero-order valence-electron chi connectivity index (χ0n) is 10.2. The lowest BCUT2D eigenvalue weighted by Gasteiger charge is -2.12. The monoisotopic (exact) mass is 232 g/mol. The largest absolute Gasteiger partial charge is 0.393 e. The number of carbonyl (C=O) groups is 1. The minimum absolute atomic E-state index is 0.123. The molecule has 0 aromatic rings. The number of rotatable bonds is 9. The zero-order chi connectivity index (χ0) is 12.4. The number of aliphatic hydroxyl groups excluding tert-OH is 1. The first-order valence-corrected chi connectivity index (χ1v) is 5.78. The molecule has 5 heteroatoms. The molecule has 0 saturated carbocycles. The molecule has 0 aromatic heterocycles. The molecule has 0 aromatic carbocycles. The van der Waals surface area contributed by atoms with Gasteiger partial charge in [0.25, 0.3) is 0 Å². The Kier molecular flexibility index (Phi) is 9.18. The smallest absolute Gasteiger partial charge is 0.236 e. The average molecular weight is 232 g/mol. The van der Waals surface area contributed by atoms with Crippen molar-refractivity contribution in [3.63, 3.8) is 0 Å². The van der Waals surface area contributed by atoms with Gasteiger partial charge in [-0.25, -0.2) is 0 Å². The molecule has 0 aliphatic carbocycles. The van der Waals surface area contributed by atoms with Gasteiger partial charge in [-0.15, -0.1) is 0 Å². The quantitative estimate of drug-likeness (QED) is 0.489. The molecule has 16 heavy (non-hydrogen) atoms. The van der Waals surface area contributed by atoms with Crippen molar-refractivity contribution in [2.24, 2.45) is 5.73 Å². The maximum Gasteiger partial charge on any atom is 0.236 e. The number of ether oxygens (including phenoxy) is 1. The van der Waals surface area contributed by atoms with Crippen molar-refractivity contribution < 1.29 is 14.6 Å². The van der Waals surface area contributed by atoms with Crippen LogP contribution in [0.3, 0.4) is 0 Å². The third-order valence-corrected chi connectivity index (χ3v) is 2.30. The Balaban J connectivity index is 3.47. The van der Waals surface area contributed by atoms with Crippen molar-refractivity contribution in [1.29, 1.82) is 0 Å². The van der Waals surface area contributed by atoms with E-state index in [2.05, 4.69) is 5.32 Å². The highest BCUT2D eigenvalue weighted by Gasteiger charge is 2.11. The van der Waals surface area contributed by atoms with Gasteiger partial charge in [-0.05, 0) is 32.6 Å². The lowest BCUT2D eigenvalue weighted by Crippen LogP contribution is -2.41. The number of hydrogen-bond acceptors (Lipinski definition) is 4. The van der Waals surface area contributed by atoms with Crippen LogP contribution in [0.25, 0.3) is 0 Å².